The highest BCUT2D eigenvalue weighted by molar-refractivity contribution is 5.85. The van der Waals surface area contributed by atoms with Gasteiger partial charge in [0.2, 0.25) is 0 Å². The number of carbonyl (C=O) groups excluding carboxylic acids is 1. The average Bonchev–Trinajstić information content (AvgIpc) is 2.52. The van der Waals surface area contributed by atoms with Gasteiger partial charge in [0.15, 0.2) is 0 Å². The standard InChI is InChI=1S/C19H25NO2/c1-13(2)18(21)12-19(22)17(20-3)11-15-9-6-8-14-7-4-5-10-16(14)15/h4-10,13,17,19-20,22H,11-12H2,1-3H3/t17-,19?/m0/s1. The molecule has 0 bridgehead atoms. The molecule has 0 aromatic heterocycles. The topological polar surface area (TPSA) is 49.3 Å². The predicted octanol–water partition coefficient (Wildman–Crippen LogP) is 2.95. The van der Waals surface area contributed by atoms with Gasteiger partial charge < -0.3 is 10.4 Å². The summed E-state index contributed by atoms with van der Waals surface area (Å²) in [5.41, 5.74) is 1.19. The maximum Gasteiger partial charge on any atom is 0.138 e. The minimum Gasteiger partial charge on any atom is -0.391 e. The summed E-state index contributed by atoms with van der Waals surface area (Å²) in [5, 5.41) is 15.9. The summed E-state index contributed by atoms with van der Waals surface area (Å²) in [6.45, 7) is 3.74. The van der Waals surface area contributed by atoms with Gasteiger partial charge in [-0.1, -0.05) is 56.3 Å². The molecule has 22 heavy (non-hydrogen) atoms. The lowest BCUT2D eigenvalue weighted by atomic mass is 9.93. The Balaban J connectivity index is 2.16. The summed E-state index contributed by atoms with van der Waals surface area (Å²) in [5.74, 6) is 0.0652. The van der Waals surface area contributed by atoms with E-state index in [1.165, 1.54) is 16.3 Å². The fourth-order valence-corrected chi connectivity index (χ4v) is 2.72. The zero-order chi connectivity index (χ0) is 16.1. The zero-order valence-corrected chi connectivity index (χ0v) is 13.5. The normalized spacial score (nSPS) is 14.2. The summed E-state index contributed by atoms with van der Waals surface area (Å²) < 4.78 is 0. The number of aliphatic hydroxyl groups is 1. The zero-order valence-electron chi connectivity index (χ0n) is 13.5. The van der Waals surface area contributed by atoms with Crippen molar-refractivity contribution in [2.75, 3.05) is 7.05 Å². The first kappa shape index (κ1) is 16.7. The number of Topliss-reactive ketones (excluding diaryl/α,β-unsaturated/α-hetero) is 1. The second-order valence-corrected chi connectivity index (χ2v) is 6.13. The number of hydrogen-bond acceptors (Lipinski definition) is 3. The molecule has 0 aliphatic rings. The molecule has 0 aliphatic heterocycles. The number of fused-ring (bicyclic) bond motifs is 1. The average molecular weight is 299 g/mol. The number of rotatable bonds is 7. The third-order valence-corrected chi connectivity index (χ3v) is 4.21. The number of carbonyl (C=O) groups is 1. The number of nitrogens with one attached hydrogen (secondary N) is 1. The largest absolute Gasteiger partial charge is 0.391 e. The van der Waals surface area contributed by atoms with Gasteiger partial charge >= 0.3 is 0 Å². The lowest BCUT2D eigenvalue weighted by Gasteiger charge is -2.23. The number of hydrogen-bond donors (Lipinski definition) is 2. The van der Waals surface area contributed by atoms with Crippen LogP contribution in [0.2, 0.25) is 0 Å². The van der Waals surface area contributed by atoms with Gasteiger partial charge in [0.05, 0.1) is 6.10 Å². The first-order valence-electron chi connectivity index (χ1n) is 7.87. The molecule has 0 fully saturated rings. The van der Waals surface area contributed by atoms with Gasteiger partial charge in [0, 0.05) is 18.4 Å². The van der Waals surface area contributed by atoms with Crippen LogP contribution in [0.25, 0.3) is 10.8 Å². The Kier molecular flexibility index (Phi) is 5.69. The van der Waals surface area contributed by atoms with Crippen molar-refractivity contribution < 1.29 is 9.90 Å². The van der Waals surface area contributed by atoms with E-state index in [-0.39, 0.29) is 24.2 Å². The van der Waals surface area contributed by atoms with Crippen molar-refractivity contribution >= 4 is 16.6 Å². The SMILES string of the molecule is CN[C@@H](Cc1cccc2ccccc12)C(O)CC(=O)C(C)C. The van der Waals surface area contributed by atoms with Gasteiger partial charge in [-0.3, -0.25) is 4.79 Å². The first-order valence-corrected chi connectivity index (χ1v) is 7.87. The van der Waals surface area contributed by atoms with E-state index in [1.54, 1.807) is 0 Å². The van der Waals surface area contributed by atoms with Crippen molar-refractivity contribution in [3.8, 4) is 0 Å². The van der Waals surface area contributed by atoms with Crippen LogP contribution in [0.3, 0.4) is 0 Å². The highest BCUT2D eigenvalue weighted by Gasteiger charge is 2.22. The molecule has 3 nitrogen and oxygen atoms in total. The molecule has 0 heterocycles. The molecule has 2 rings (SSSR count). The minimum absolute atomic E-state index is 0.0373. The quantitative estimate of drug-likeness (QED) is 0.826. The maximum atomic E-state index is 11.9. The summed E-state index contributed by atoms with van der Waals surface area (Å²) in [6.07, 6.45) is 0.233. The van der Waals surface area contributed by atoms with Crippen LogP contribution in [0.15, 0.2) is 42.5 Å². The van der Waals surface area contributed by atoms with Crippen LogP contribution >= 0.6 is 0 Å². The molecule has 0 amide bonds. The summed E-state index contributed by atoms with van der Waals surface area (Å²) in [4.78, 5) is 11.9. The third-order valence-electron chi connectivity index (χ3n) is 4.21. The molecule has 2 aromatic rings. The van der Waals surface area contributed by atoms with Crippen molar-refractivity contribution in [1.29, 1.82) is 0 Å². The molecule has 0 spiro atoms. The first-order chi connectivity index (χ1) is 10.5. The summed E-state index contributed by atoms with van der Waals surface area (Å²) >= 11 is 0. The van der Waals surface area contributed by atoms with Crippen molar-refractivity contribution in [2.24, 2.45) is 5.92 Å². The van der Waals surface area contributed by atoms with E-state index in [0.717, 1.165) is 0 Å². The van der Waals surface area contributed by atoms with Crippen LogP contribution in [0.1, 0.15) is 25.8 Å². The fourth-order valence-electron chi connectivity index (χ4n) is 2.72. The van der Waals surface area contributed by atoms with Crippen LogP contribution in [0.4, 0.5) is 0 Å². The van der Waals surface area contributed by atoms with Crippen molar-refractivity contribution in [3.05, 3.63) is 48.0 Å². The Morgan fingerprint density at radius 3 is 2.50 bits per heavy atom. The molecule has 118 valence electrons. The molecule has 0 saturated heterocycles. The van der Waals surface area contributed by atoms with Crippen LogP contribution in [-0.4, -0.2) is 30.1 Å². The van der Waals surface area contributed by atoms with E-state index in [2.05, 4.69) is 29.6 Å². The lowest BCUT2D eigenvalue weighted by Crippen LogP contribution is -2.41. The van der Waals surface area contributed by atoms with Crippen LogP contribution < -0.4 is 5.32 Å². The molecule has 0 radical (unpaired) electrons. The Hall–Kier alpha value is -1.71. The minimum atomic E-state index is -0.668. The second kappa shape index (κ2) is 7.52. The molecule has 3 heteroatoms. The van der Waals surface area contributed by atoms with Crippen LogP contribution in [-0.2, 0) is 11.2 Å². The van der Waals surface area contributed by atoms with E-state index in [0.29, 0.717) is 6.42 Å². The summed E-state index contributed by atoms with van der Waals surface area (Å²) in [7, 11) is 1.83. The second-order valence-electron chi connectivity index (χ2n) is 6.13. The Morgan fingerprint density at radius 2 is 1.82 bits per heavy atom. The Morgan fingerprint density at radius 1 is 1.14 bits per heavy atom. The van der Waals surface area contributed by atoms with Gasteiger partial charge in [-0.2, -0.15) is 0 Å². The highest BCUT2D eigenvalue weighted by atomic mass is 16.3. The Bertz CT molecular complexity index is 631. The molecular formula is C19H25NO2. The smallest absolute Gasteiger partial charge is 0.138 e. The van der Waals surface area contributed by atoms with Crippen molar-refractivity contribution in [2.45, 2.75) is 38.8 Å². The molecule has 2 atom stereocenters. The van der Waals surface area contributed by atoms with Gasteiger partial charge in [-0.15, -0.1) is 0 Å². The number of aliphatic hydroxyl groups excluding tert-OH is 1. The van der Waals surface area contributed by atoms with E-state index in [9.17, 15) is 9.90 Å². The number of benzene rings is 2. The highest BCUT2D eigenvalue weighted by Crippen LogP contribution is 2.21. The number of likely N-dealkylation sites (N-methyl/N-ethyl adjacent to an activating group) is 1. The van der Waals surface area contributed by atoms with E-state index < -0.39 is 6.10 Å². The van der Waals surface area contributed by atoms with Gasteiger partial charge in [-0.05, 0) is 29.8 Å². The molecule has 1 unspecified atom stereocenters. The van der Waals surface area contributed by atoms with E-state index >= 15 is 0 Å². The Labute approximate surface area is 132 Å². The molecule has 0 aliphatic carbocycles. The molecule has 0 saturated carbocycles. The predicted molar refractivity (Wildman–Crippen MR) is 91.0 cm³/mol. The van der Waals surface area contributed by atoms with Gasteiger partial charge in [0.25, 0.3) is 0 Å². The fraction of sp³-hybridized carbons (Fsp3) is 0.421. The lowest BCUT2D eigenvalue weighted by molar-refractivity contribution is -0.124. The molecule has 2 aromatic carbocycles. The van der Waals surface area contributed by atoms with Crippen molar-refractivity contribution in [1.82, 2.24) is 5.32 Å². The molecular weight excluding hydrogens is 274 g/mol. The summed E-state index contributed by atoms with van der Waals surface area (Å²) in [6, 6.07) is 14.3. The van der Waals surface area contributed by atoms with Crippen LogP contribution in [0, 0.1) is 5.92 Å². The van der Waals surface area contributed by atoms with Crippen molar-refractivity contribution in [3.63, 3.8) is 0 Å². The van der Waals surface area contributed by atoms with Crippen LogP contribution in [0.5, 0.6) is 0 Å². The van der Waals surface area contributed by atoms with E-state index in [4.69, 9.17) is 0 Å². The van der Waals surface area contributed by atoms with Gasteiger partial charge in [0.1, 0.15) is 5.78 Å². The maximum absolute atomic E-state index is 11.9. The van der Waals surface area contributed by atoms with E-state index in [1.807, 2.05) is 39.1 Å². The number of ketones is 1. The monoisotopic (exact) mass is 299 g/mol. The van der Waals surface area contributed by atoms with Gasteiger partial charge in [-0.25, -0.2) is 0 Å². The molecule has 2 N–H and O–H groups in total. The third kappa shape index (κ3) is 3.93.